The standard InChI is InChI=1S/C32H27NO7/c1-19-7-10-22(11-8-19)31(37)40-23-14-12-21(13-15-23)28(34)18-39-32(38)25-5-3-4-6-27(25)33-29(35)24-16-9-20(2)17-26(24)30(33)36/h3-15,24,26H,16-18H2,1-2H3. The van der Waals surface area contributed by atoms with Gasteiger partial charge in [0.25, 0.3) is 0 Å². The second kappa shape index (κ2) is 11.1. The van der Waals surface area contributed by atoms with E-state index in [0.717, 1.165) is 16.0 Å². The SMILES string of the molecule is CC1=CCC2C(=O)N(c3ccccc3C(=O)OCC(=O)c3ccc(OC(=O)c4ccc(C)cc4)cc3)C(=O)C2C1. The summed E-state index contributed by atoms with van der Waals surface area (Å²) in [6.07, 6.45) is 2.97. The summed E-state index contributed by atoms with van der Waals surface area (Å²) in [6, 6.07) is 19.1. The van der Waals surface area contributed by atoms with Crippen molar-refractivity contribution in [1.29, 1.82) is 0 Å². The van der Waals surface area contributed by atoms with Crippen LogP contribution in [-0.4, -0.2) is 36.1 Å². The summed E-state index contributed by atoms with van der Waals surface area (Å²) in [5.74, 6) is -3.10. The third kappa shape index (κ3) is 5.33. The van der Waals surface area contributed by atoms with Gasteiger partial charge in [-0.15, -0.1) is 0 Å². The van der Waals surface area contributed by atoms with Crippen molar-refractivity contribution in [2.45, 2.75) is 26.7 Å². The van der Waals surface area contributed by atoms with Gasteiger partial charge in [0.05, 0.1) is 28.7 Å². The molecule has 3 aromatic rings. The number of hydrogen-bond donors (Lipinski definition) is 0. The number of benzene rings is 3. The van der Waals surface area contributed by atoms with Gasteiger partial charge in [-0.25, -0.2) is 14.5 Å². The molecule has 2 unspecified atom stereocenters. The smallest absolute Gasteiger partial charge is 0.343 e. The molecule has 0 radical (unpaired) electrons. The van der Waals surface area contributed by atoms with E-state index in [4.69, 9.17) is 9.47 Å². The number of ether oxygens (including phenoxy) is 2. The maximum atomic E-state index is 13.2. The van der Waals surface area contributed by atoms with Gasteiger partial charge in [0.1, 0.15) is 5.75 Å². The molecule has 0 aromatic heterocycles. The number of aryl methyl sites for hydroxylation is 1. The van der Waals surface area contributed by atoms with Gasteiger partial charge in [0.15, 0.2) is 12.4 Å². The van der Waals surface area contributed by atoms with Gasteiger partial charge in [0.2, 0.25) is 11.8 Å². The fraction of sp³-hybridized carbons (Fsp3) is 0.219. The van der Waals surface area contributed by atoms with E-state index < -0.39 is 36.2 Å². The summed E-state index contributed by atoms with van der Waals surface area (Å²) >= 11 is 0. The molecule has 0 bridgehead atoms. The molecule has 5 rings (SSSR count). The largest absolute Gasteiger partial charge is 0.454 e. The molecule has 8 heteroatoms. The maximum Gasteiger partial charge on any atom is 0.343 e. The van der Waals surface area contributed by atoms with Gasteiger partial charge >= 0.3 is 11.9 Å². The second-order valence-corrected chi connectivity index (χ2v) is 10.0. The fourth-order valence-electron chi connectivity index (χ4n) is 4.97. The molecule has 0 saturated carbocycles. The number of fused-ring (bicyclic) bond motifs is 1. The molecule has 1 aliphatic carbocycles. The predicted octanol–water partition coefficient (Wildman–Crippen LogP) is 5.10. The third-order valence-corrected chi connectivity index (χ3v) is 7.20. The Balaban J connectivity index is 1.22. The second-order valence-electron chi connectivity index (χ2n) is 10.0. The third-order valence-electron chi connectivity index (χ3n) is 7.20. The number of amides is 2. The Morgan fingerprint density at radius 2 is 1.45 bits per heavy atom. The van der Waals surface area contributed by atoms with E-state index in [2.05, 4.69) is 0 Å². The van der Waals surface area contributed by atoms with E-state index in [1.54, 1.807) is 24.3 Å². The van der Waals surface area contributed by atoms with Crippen LogP contribution in [0, 0.1) is 18.8 Å². The summed E-state index contributed by atoms with van der Waals surface area (Å²) in [4.78, 5) is 65.3. The lowest BCUT2D eigenvalue weighted by Crippen LogP contribution is -2.32. The Kier molecular flexibility index (Phi) is 7.42. The first-order valence-corrected chi connectivity index (χ1v) is 12.9. The highest BCUT2D eigenvalue weighted by Gasteiger charge is 2.49. The average molecular weight is 538 g/mol. The van der Waals surface area contributed by atoms with Crippen LogP contribution in [0.15, 0.2) is 84.4 Å². The van der Waals surface area contributed by atoms with Crippen molar-refractivity contribution in [3.05, 3.63) is 107 Å². The van der Waals surface area contributed by atoms with E-state index in [1.165, 1.54) is 36.4 Å². The van der Waals surface area contributed by atoms with Crippen LogP contribution in [0.2, 0.25) is 0 Å². The Morgan fingerprint density at radius 1 is 0.800 bits per heavy atom. The minimum atomic E-state index is -0.822. The molecular formula is C32H27NO7. The number of esters is 2. The van der Waals surface area contributed by atoms with Gasteiger partial charge in [-0.05, 0) is 75.2 Å². The number of allylic oxidation sites excluding steroid dienone is 2. The molecule has 1 heterocycles. The van der Waals surface area contributed by atoms with Crippen molar-refractivity contribution in [2.24, 2.45) is 11.8 Å². The van der Waals surface area contributed by atoms with E-state index in [9.17, 15) is 24.0 Å². The average Bonchev–Trinajstić information content (AvgIpc) is 3.20. The molecule has 3 aromatic carbocycles. The van der Waals surface area contributed by atoms with Crippen LogP contribution in [0.5, 0.6) is 5.75 Å². The van der Waals surface area contributed by atoms with Crippen molar-refractivity contribution in [2.75, 3.05) is 11.5 Å². The molecular weight excluding hydrogens is 510 g/mol. The molecule has 2 atom stereocenters. The quantitative estimate of drug-likeness (QED) is 0.136. The number of para-hydroxylation sites is 1. The molecule has 2 aliphatic rings. The minimum absolute atomic E-state index is 0.0266. The van der Waals surface area contributed by atoms with Gasteiger partial charge in [0, 0.05) is 5.56 Å². The zero-order valence-corrected chi connectivity index (χ0v) is 22.1. The van der Waals surface area contributed by atoms with Crippen LogP contribution in [-0.2, 0) is 14.3 Å². The van der Waals surface area contributed by atoms with Crippen LogP contribution in [0.1, 0.15) is 56.4 Å². The summed E-state index contributed by atoms with van der Waals surface area (Å²) in [5, 5.41) is 0. The van der Waals surface area contributed by atoms with Crippen molar-refractivity contribution >= 4 is 35.2 Å². The molecule has 1 aliphatic heterocycles. The summed E-state index contributed by atoms with van der Waals surface area (Å²) in [6.45, 7) is 3.30. The minimum Gasteiger partial charge on any atom is -0.454 e. The fourth-order valence-corrected chi connectivity index (χ4v) is 4.97. The molecule has 202 valence electrons. The topological polar surface area (TPSA) is 107 Å². The summed E-state index contributed by atoms with van der Waals surface area (Å²) in [5.41, 5.74) is 2.93. The van der Waals surface area contributed by atoms with Gasteiger partial charge in [-0.3, -0.25) is 14.4 Å². The van der Waals surface area contributed by atoms with Gasteiger partial charge in [-0.2, -0.15) is 0 Å². The maximum absolute atomic E-state index is 13.2. The first kappa shape index (κ1) is 26.7. The Hall–Kier alpha value is -4.85. The van der Waals surface area contributed by atoms with Gasteiger partial charge < -0.3 is 9.47 Å². The number of ketones is 1. The van der Waals surface area contributed by atoms with Crippen LogP contribution in [0.3, 0.4) is 0 Å². The molecule has 8 nitrogen and oxygen atoms in total. The first-order valence-electron chi connectivity index (χ1n) is 12.9. The number of nitrogens with zero attached hydrogens (tertiary/aromatic N) is 1. The van der Waals surface area contributed by atoms with Crippen molar-refractivity contribution in [3.8, 4) is 5.75 Å². The normalized spacial score (nSPS) is 18.1. The highest BCUT2D eigenvalue weighted by molar-refractivity contribution is 6.24. The van der Waals surface area contributed by atoms with Gasteiger partial charge in [-0.1, -0.05) is 41.5 Å². The highest BCUT2D eigenvalue weighted by atomic mass is 16.5. The van der Waals surface area contributed by atoms with E-state index in [0.29, 0.717) is 18.4 Å². The lowest BCUT2D eigenvalue weighted by Gasteiger charge is -2.19. The number of anilines is 1. The predicted molar refractivity (Wildman–Crippen MR) is 146 cm³/mol. The number of hydrogen-bond acceptors (Lipinski definition) is 7. The molecule has 0 N–H and O–H groups in total. The zero-order chi connectivity index (χ0) is 28.4. The Morgan fingerprint density at radius 3 is 2.17 bits per heavy atom. The number of imide groups is 1. The zero-order valence-electron chi connectivity index (χ0n) is 22.1. The lowest BCUT2D eigenvalue weighted by atomic mass is 9.82. The van der Waals surface area contributed by atoms with Crippen molar-refractivity contribution < 1.29 is 33.4 Å². The number of rotatable bonds is 7. The van der Waals surface area contributed by atoms with E-state index in [1.807, 2.05) is 32.1 Å². The summed E-state index contributed by atoms with van der Waals surface area (Å²) < 4.78 is 10.6. The lowest BCUT2D eigenvalue weighted by molar-refractivity contribution is -0.122. The molecule has 2 amide bonds. The number of carbonyl (C=O) groups is 5. The Bertz CT molecular complexity index is 1540. The highest BCUT2D eigenvalue weighted by Crippen LogP contribution is 2.40. The van der Waals surface area contributed by atoms with Crippen LogP contribution in [0.4, 0.5) is 5.69 Å². The van der Waals surface area contributed by atoms with E-state index in [-0.39, 0.29) is 34.4 Å². The molecule has 1 fully saturated rings. The Labute approximate surface area is 231 Å². The molecule has 40 heavy (non-hydrogen) atoms. The monoisotopic (exact) mass is 537 g/mol. The molecule has 1 saturated heterocycles. The first-order chi connectivity index (χ1) is 19.2. The number of carbonyl (C=O) groups excluding carboxylic acids is 5. The molecule has 0 spiro atoms. The summed E-state index contributed by atoms with van der Waals surface area (Å²) in [7, 11) is 0. The van der Waals surface area contributed by atoms with Crippen LogP contribution >= 0.6 is 0 Å². The van der Waals surface area contributed by atoms with E-state index >= 15 is 0 Å². The van der Waals surface area contributed by atoms with Crippen molar-refractivity contribution in [3.63, 3.8) is 0 Å². The number of Topliss-reactive ketones (excluding diaryl/α,β-unsaturated/α-hetero) is 1. The van der Waals surface area contributed by atoms with Crippen LogP contribution < -0.4 is 9.64 Å². The van der Waals surface area contributed by atoms with Crippen molar-refractivity contribution in [1.82, 2.24) is 0 Å². The van der Waals surface area contributed by atoms with Crippen LogP contribution in [0.25, 0.3) is 0 Å².